The topological polar surface area (TPSA) is 43.8 Å². The van der Waals surface area contributed by atoms with E-state index in [0.29, 0.717) is 6.54 Å². The highest BCUT2D eigenvalue weighted by Crippen LogP contribution is 2.29. The number of aromatic hydroxyl groups is 1. The molecule has 1 aliphatic heterocycles. The standard InChI is InChI=1S/C10H12N2O2/c1-11-6-7-5-8(13)3-4-9(7)12(2)10(11)14/h3-5,13H,6H2,1-2H3. The number of anilines is 1. The minimum atomic E-state index is -0.0248. The molecule has 0 saturated carbocycles. The summed E-state index contributed by atoms with van der Waals surface area (Å²) in [6, 6.07) is 5.02. The van der Waals surface area contributed by atoms with E-state index in [4.69, 9.17) is 0 Å². The van der Waals surface area contributed by atoms with Crippen molar-refractivity contribution in [1.29, 1.82) is 0 Å². The zero-order valence-electron chi connectivity index (χ0n) is 8.19. The van der Waals surface area contributed by atoms with E-state index >= 15 is 0 Å². The van der Waals surface area contributed by atoms with Gasteiger partial charge in [-0.2, -0.15) is 0 Å². The summed E-state index contributed by atoms with van der Waals surface area (Å²) in [7, 11) is 3.47. The highest BCUT2D eigenvalue weighted by molar-refractivity contribution is 5.94. The highest BCUT2D eigenvalue weighted by atomic mass is 16.3. The normalized spacial score (nSPS) is 15.7. The summed E-state index contributed by atoms with van der Waals surface area (Å²) >= 11 is 0. The van der Waals surface area contributed by atoms with Crippen LogP contribution in [0.5, 0.6) is 5.75 Å². The number of amides is 2. The summed E-state index contributed by atoms with van der Waals surface area (Å²) in [5, 5.41) is 9.30. The molecule has 4 nitrogen and oxygen atoms in total. The first-order valence-electron chi connectivity index (χ1n) is 4.40. The van der Waals surface area contributed by atoms with E-state index in [0.717, 1.165) is 11.3 Å². The van der Waals surface area contributed by atoms with Crippen molar-refractivity contribution in [3.63, 3.8) is 0 Å². The van der Waals surface area contributed by atoms with Gasteiger partial charge in [-0.25, -0.2) is 4.79 Å². The number of nitrogens with zero attached hydrogens (tertiary/aromatic N) is 2. The summed E-state index contributed by atoms with van der Waals surface area (Å²) in [6.07, 6.45) is 0. The fourth-order valence-corrected chi connectivity index (χ4v) is 1.71. The van der Waals surface area contributed by atoms with Crippen LogP contribution in [0.15, 0.2) is 18.2 Å². The Morgan fingerprint density at radius 3 is 2.79 bits per heavy atom. The molecule has 2 amide bonds. The number of carbonyl (C=O) groups excluding carboxylic acids is 1. The van der Waals surface area contributed by atoms with E-state index in [1.54, 1.807) is 42.1 Å². The molecule has 1 N–H and O–H groups in total. The Hall–Kier alpha value is -1.71. The van der Waals surface area contributed by atoms with Gasteiger partial charge in [0, 0.05) is 20.6 Å². The molecule has 14 heavy (non-hydrogen) atoms. The predicted molar refractivity (Wildman–Crippen MR) is 53.4 cm³/mol. The molecule has 4 heteroatoms. The molecule has 0 atom stereocenters. The number of phenolic OH excluding ortho intramolecular Hbond substituents is 1. The summed E-state index contributed by atoms with van der Waals surface area (Å²) in [6.45, 7) is 0.549. The minimum absolute atomic E-state index is 0.0248. The van der Waals surface area contributed by atoms with Crippen LogP contribution in [0.3, 0.4) is 0 Å². The fourth-order valence-electron chi connectivity index (χ4n) is 1.71. The van der Waals surface area contributed by atoms with Gasteiger partial charge in [0.15, 0.2) is 0 Å². The summed E-state index contributed by atoms with van der Waals surface area (Å²) < 4.78 is 0. The molecule has 1 heterocycles. The zero-order valence-corrected chi connectivity index (χ0v) is 8.19. The van der Waals surface area contributed by atoms with Gasteiger partial charge in [-0.3, -0.25) is 4.90 Å². The molecule has 0 aromatic heterocycles. The SMILES string of the molecule is CN1Cc2cc(O)ccc2N(C)C1=O. The number of rotatable bonds is 0. The minimum Gasteiger partial charge on any atom is -0.508 e. The van der Waals surface area contributed by atoms with Gasteiger partial charge >= 0.3 is 6.03 Å². The lowest BCUT2D eigenvalue weighted by Crippen LogP contribution is -2.42. The van der Waals surface area contributed by atoms with Gasteiger partial charge in [0.05, 0.1) is 5.69 Å². The fraction of sp³-hybridized carbons (Fsp3) is 0.300. The molecule has 0 bridgehead atoms. The van der Waals surface area contributed by atoms with Crippen molar-refractivity contribution in [2.24, 2.45) is 0 Å². The average molecular weight is 192 g/mol. The number of fused-ring (bicyclic) bond motifs is 1. The summed E-state index contributed by atoms with van der Waals surface area (Å²) in [5.74, 6) is 0.236. The van der Waals surface area contributed by atoms with Crippen molar-refractivity contribution in [2.75, 3.05) is 19.0 Å². The van der Waals surface area contributed by atoms with Crippen LogP contribution < -0.4 is 4.90 Å². The number of phenols is 1. The van der Waals surface area contributed by atoms with Crippen molar-refractivity contribution in [3.8, 4) is 5.75 Å². The van der Waals surface area contributed by atoms with Crippen molar-refractivity contribution in [1.82, 2.24) is 4.90 Å². The van der Waals surface area contributed by atoms with E-state index in [-0.39, 0.29) is 11.8 Å². The van der Waals surface area contributed by atoms with E-state index in [9.17, 15) is 9.90 Å². The van der Waals surface area contributed by atoms with Gasteiger partial charge in [-0.1, -0.05) is 0 Å². The van der Waals surface area contributed by atoms with Crippen LogP contribution in [0.1, 0.15) is 5.56 Å². The molecule has 0 saturated heterocycles. The Kier molecular flexibility index (Phi) is 1.84. The molecule has 0 spiro atoms. The summed E-state index contributed by atoms with van der Waals surface area (Å²) in [5.41, 5.74) is 1.83. The van der Waals surface area contributed by atoms with Crippen LogP contribution in [0, 0.1) is 0 Å². The van der Waals surface area contributed by atoms with E-state index in [1.165, 1.54) is 0 Å². The second-order valence-electron chi connectivity index (χ2n) is 3.51. The molecule has 1 aliphatic rings. The lowest BCUT2D eigenvalue weighted by Gasteiger charge is -2.32. The second-order valence-corrected chi connectivity index (χ2v) is 3.51. The lowest BCUT2D eigenvalue weighted by atomic mass is 10.1. The summed E-state index contributed by atoms with van der Waals surface area (Å²) in [4.78, 5) is 14.8. The van der Waals surface area contributed by atoms with Gasteiger partial charge < -0.3 is 10.0 Å². The predicted octanol–water partition coefficient (Wildman–Crippen LogP) is 1.39. The van der Waals surface area contributed by atoms with Gasteiger partial charge in [0.1, 0.15) is 5.75 Å². The van der Waals surface area contributed by atoms with Gasteiger partial charge in [0.2, 0.25) is 0 Å². The van der Waals surface area contributed by atoms with Crippen LogP contribution in [0.4, 0.5) is 10.5 Å². The molecular weight excluding hydrogens is 180 g/mol. The first-order chi connectivity index (χ1) is 6.59. The van der Waals surface area contributed by atoms with Crippen LogP contribution in [0.25, 0.3) is 0 Å². The monoisotopic (exact) mass is 192 g/mol. The maximum atomic E-state index is 11.6. The van der Waals surface area contributed by atoms with Gasteiger partial charge in [-0.15, -0.1) is 0 Å². The van der Waals surface area contributed by atoms with E-state index < -0.39 is 0 Å². The molecule has 74 valence electrons. The molecule has 0 fully saturated rings. The van der Waals surface area contributed by atoms with E-state index in [1.807, 2.05) is 0 Å². The van der Waals surface area contributed by atoms with Crippen molar-refractivity contribution in [2.45, 2.75) is 6.54 Å². The zero-order chi connectivity index (χ0) is 10.3. The van der Waals surface area contributed by atoms with Crippen LogP contribution in [-0.2, 0) is 6.54 Å². The first-order valence-corrected chi connectivity index (χ1v) is 4.40. The smallest absolute Gasteiger partial charge is 0.324 e. The first kappa shape index (κ1) is 8.87. The van der Waals surface area contributed by atoms with Crippen LogP contribution in [-0.4, -0.2) is 30.1 Å². The third-order valence-corrected chi connectivity index (χ3v) is 2.45. The van der Waals surface area contributed by atoms with Gasteiger partial charge in [-0.05, 0) is 23.8 Å². The number of hydrogen-bond donors (Lipinski definition) is 1. The molecule has 1 aromatic rings. The molecule has 0 unspecified atom stereocenters. The second kappa shape index (κ2) is 2.90. The molecule has 1 aromatic carbocycles. The Balaban J connectivity index is 2.50. The largest absolute Gasteiger partial charge is 0.508 e. The third kappa shape index (κ3) is 1.19. The lowest BCUT2D eigenvalue weighted by molar-refractivity contribution is 0.212. The molecule has 0 aliphatic carbocycles. The molecule has 2 rings (SSSR count). The van der Waals surface area contributed by atoms with Crippen molar-refractivity contribution >= 4 is 11.7 Å². The Morgan fingerprint density at radius 2 is 2.07 bits per heavy atom. The third-order valence-electron chi connectivity index (χ3n) is 2.45. The number of carbonyl (C=O) groups is 1. The van der Waals surface area contributed by atoms with Crippen molar-refractivity contribution in [3.05, 3.63) is 23.8 Å². The quantitative estimate of drug-likeness (QED) is 0.675. The van der Waals surface area contributed by atoms with Crippen LogP contribution >= 0.6 is 0 Å². The van der Waals surface area contributed by atoms with Gasteiger partial charge in [0.25, 0.3) is 0 Å². The Morgan fingerprint density at radius 1 is 1.36 bits per heavy atom. The highest BCUT2D eigenvalue weighted by Gasteiger charge is 2.24. The number of hydrogen-bond acceptors (Lipinski definition) is 2. The number of urea groups is 1. The van der Waals surface area contributed by atoms with Crippen molar-refractivity contribution < 1.29 is 9.90 Å². The molecule has 0 radical (unpaired) electrons. The van der Waals surface area contributed by atoms with E-state index in [2.05, 4.69) is 0 Å². The number of benzene rings is 1. The Labute approximate surface area is 82.4 Å². The van der Waals surface area contributed by atoms with Crippen LogP contribution in [0.2, 0.25) is 0 Å². The molecular formula is C10H12N2O2. The maximum absolute atomic E-state index is 11.6. The maximum Gasteiger partial charge on any atom is 0.324 e. The Bertz CT molecular complexity index is 390. The average Bonchev–Trinajstić information content (AvgIpc) is 2.14.